The Kier molecular flexibility index (Phi) is 7.36. The molecule has 2 amide bonds. The van der Waals surface area contributed by atoms with Gasteiger partial charge >= 0.3 is 0 Å². The lowest BCUT2D eigenvalue weighted by Gasteiger charge is -2.35. The summed E-state index contributed by atoms with van der Waals surface area (Å²) in [5, 5.41) is 3.50. The summed E-state index contributed by atoms with van der Waals surface area (Å²) in [7, 11) is 0. The van der Waals surface area contributed by atoms with Gasteiger partial charge in [-0.2, -0.15) is 0 Å². The third kappa shape index (κ3) is 5.67. The van der Waals surface area contributed by atoms with Crippen LogP contribution in [0.4, 0.5) is 5.69 Å². The minimum Gasteiger partial charge on any atom is -0.341 e. The van der Waals surface area contributed by atoms with Crippen LogP contribution in [0.1, 0.15) is 37.6 Å². The topological polar surface area (TPSA) is 84.3 Å². The molecule has 1 aliphatic rings. The summed E-state index contributed by atoms with van der Waals surface area (Å²) in [4.78, 5) is 43.8. The van der Waals surface area contributed by atoms with E-state index in [1.54, 1.807) is 24.3 Å². The number of imidazole rings is 1. The Balaban J connectivity index is 1.46. The number of hydrogen-bond donors (Lipinski definition) is 1. The van der Waals surface area contributed by atoms with Gasteiger partial charge in [0.1, 0.15) is 6.54 Å². The number of ketones is 1. The number of nitrogens with one attached hydrogen (secondary N) is 1. The van der Waals surface area contributed by atoms with Crippen molar-refractivity contribution in [3.8, 4) is 0 Å². The Morgan fingerprint density at radius 2 is 1.71 bits per heavy atom. The number of rotatable bonds is 7. The van der Waals surface area contributed by atoms with E-state index in [2.05, 4.69) is 24.1 Å². The van der Waals surface area contributed by atoms with Gasteiger partial charge < -0.3 is 14.8 Å². The van der Waals surface area contributed by atoms with Crippen LogP contribution in [0.25, 0.3) is 11.0 Å². The summed E-state index contributed by atoms with van der Waals surface area (Å²) in [5.41, 5.74) is 2.92. The first-order valence-electron chi connectivity index (χ1n) is 11.6. The molecule has 34 heavy (non-hydrogen) atoms. The van der Waals surface area contributed by atoms with Gasteiger partial charge in [0, 0.05) is 24.3 Å². The van der Waals surface area contributed by atoms with Crippen molar-refractivity contribution in [2.24, 2.45) is 11.8 Å². The summed E-state index contributed by atoms with van der Waals surface area (Å²) in [6.07, 6.45) is 1.14. The molecule has 4 rings (SSSR count). The van der Waals surface area contributed by atoms with Gasteiger partial charge in [-0.1, -0.05) is 37.7 Å². The molecule has 2 heterocycles. The fourth-order valence-corrected chi connectivity index (χ4v) is 5.35. The first-order chi connectivity index (χ1) is 16.3. The molecule has 8 heteroatoms. The van der Waals surface area contributed by atoms with E-state index in [0.717, 1.165) is 30.5 Å². The van der Waals surface area contributed by atoms with Crippen molar-refractivity contribution in [2.45, 2.75) is 38.9 Å². The van der Waals surface area contributed by atoms with Crippen molar-refractivity contribution >= 4 is 46.1 Å². The second-order valence-electron chi connectivity index (χ2n) is 9.18. The quantitative estimate of drug-likeness (QED) is 0.400. The van der Waals surface area contributed by atoms with Crippen LogP contribution in [-0.4, -0.2) is 50.9 Å². The second-order valence-corrected chi connectivity index (χ2v) is 10.1. The molecule has 7 nitrogen and oxygen atoms in total. The lowest BCUT2D eigenvalue weighted by Crippen LogP contribution is -2.44. The lowest BCUT2D eigenvalue weighted by atomic mass is 9.92. The average molecular weight is 479 g/mol. The molecule has 178 valence electrons. The molecule has 1 N–H and O–H groups in total. The maximum Gasteiger partial charge on any atom is 0.242 e. The Bertz CT molecular complexity index is 1190. The highest BCUT2D eigenvalue weighted by Gasteiger charge is 2.26. The Hall–Kier alpha value is -3.13. The highest BCUT2D eigenvalue weighted by molar-refractivity contribution is 7.99. The van der Waals surface area contributed by atoms with Gasteiger partial charge in [0.25, 0.3) is 0 Å². The number of anilines is 1. The molecule has 1 aromatic heterocycles. The first-order valence-corrected chi connectivity index (χ1v) is 12.6. The van der Waals surface area contributed by atoms with Gasteiger partial charge in [-0.15, -0.1) is 0 Å². The number of para-hydroxylation sites is 2. The minimum atomic E-state index is -0.177. The lowest BCUT2D eigenvalue weighted by molar-refractivity contribution is -0.134. The molecule has 0 spiro atoms. The van der Waals surface area contributed by atoms with Crippen molar-refractivity contribution in [2.75, 3.05) is 24.2 Å². The number of thioether (sulfide) groups is 1. The third-order valence-corrected chi connectivity index (χ3v) is 7.02. The number of fused-ring (bicyclic) bond motifs is 1. The predicted octanol–water partition coefficient (Wildman–Crippen LogP) is 4.47. The van der Waals surface area contributed by atoms with Gasteiger partial charge in [0.2, 0.25) is 11.8 Å². The molecule has 1 fully saturated rings. The van der Waals surface area contributed by atoms with Crippen LogP contribution in [0, 0.1) is 11.8 Å². The molecule has 3 aromatic rings. The zero-order chi connectivity index (χ0) is 24.2. The van der Waals surface area contributed by atoms with E-state index in [9.17, 15) is 14.4 Å². The Morgan fingerprint density at radius 1 is 1.03 bits per heavy atom. The van der Waals surface area contributed by atoms with Crippen molar-refractivity contribution in [1.82, 2.24) is 14.5 Å². The summed E-state index contributed by atoms with van der Waals surface area (Å²) >= 11 is 1.31. The maximum atomic E-state index is 13.2. The number of carbonyl (C=O) groups is 3. The molecule has 2 atom stereocenters. The van der Waals surface area contributed by atoms with Gasteiger partial charge in [-0.3, -0.25) is 14.4 Å². The molecule has 0 unspecified atom stereocenters. The van der Waals surface area contributed by atoms with E-state index >= 15 is 0 Å². The second kappa shape index (κ2) is 10.4. The molecular weight excluding hydrogens is 448 g/mol. The third-order valence-electron chi connectivity index (χ3n) is 6.04. The molecule has 0 aliphatic carbocycles. The molecule has 1 aliphatic heterocycles. The number of benzene rings is 2. The first kappa shape index (κ1) is 24.0. The highest BCUT2D eigenvalue weighted by atomic mass is 32.2. The molecule has 0 saturated carbocycles. The molecule has 0 radical (unpaired) electrons. The largest absolute Gasteiger partial charge is 0.341 e. The van der Waals surface area contributed by atoms with E-state index < -0.39 is 0 Å². The zero-order valence-electron chi connectivity index (χ0n) is 19.8. The Labute approximate surface area is 203 Å². The van der Waals surface area contributed by atoms with Crippen LogP contribution in [0.15, 0.2) is 53.7 Å². The number of aromatic nitrogens is 2. The van der Waals surface area contributed by atoms with Crippen LogP contribution >= 0.6 is 11.8 Å². The number of hydrogen-bond acceptors (Lipinski definition) is 5. The van der Waals surface area contributed by atoms with Crippen molar-refractivity contribution in [3.05, 3.63) is 54.1 Å². The van der Waals surface area contributed by atoms with Crippen molar-refractivity contribution in [3.63, 3.8) is 0 Å². The standard InChI is InChI=1S/C26H30N4O3S/c1-17-12-18(2)14-29(13-17)25(33)15-30-23-7-5-4-6-22(23)28-26(30)34-16-24(32)27-21-10-8-20(9-11-21)19(3)31/h4-11,17-18H,12-16H2,1-3H3,(H,27,32)/t17-,18+. The summed E-state index contributed by atoms with van der Waals surface area (Å²) in [5.74, 6) is 1.03. The van der Waals surface area contributed by atoms with Gasteiger partial charge in [-0.05, 0) is 61.6 Å². The van der Waals surface area contributed by atoms with E-state index in [0.29, 0.717) is 28.2 Å². The van der Waals surface area contributed by atoms with Crippen LogP contribution < -0.4 is 5.32 Å². The Morgan fingerprint density at radius 3 is 2.38 bits per heavy atom. The van der Waals surface area contributed by atoms with Gasteiger partial charge in [-0.25, -0.2) is 4.98 Å². The number of nitrogens with zero attached hydrogens (tertiary/aromatic N) is 3. The number of Topliss-reactive ketones (excluding diaryl/α,β-unsaturated/α-hetero) is 1. The minimum absolute atomic E-state index is 0.0182. The van der Waals surface area contributed by atoms with Crippen molar-refractivity contribution < 1.29 is 14.4 Å². The normalized spacial score (nSPS) is 18.1. The number of likely N-dealkylation sites (tertiary alicyclic amines) is 1. The van der Waals surface area contributed by atoms with Crippen LogP contribution in [0.3, 0.4) is 0 Å². The fourth-order valence-electron chi connectivity index (χ4n) is 4.53. The summed E-state index contributed by atoms with van der Waals surface area (Å²) in [6, 6.07) is 14.5. The maximum absolute atomic E-state index is 13.2. The molecular formula is C26H30N4O3S. The zero-order valence-corrected chi connectivity index (χ0v) is 20.6. The van der Waals surface area contributed by atoms with Crippen LogP contribution in [-0.2, 0) is 16.1 Å². The predicted molar refractivity (Wildman–Crippen MR) is 135 cm³/mol. The van der Waals surface area contributed by atoms with E-state index in [1.165, 1.54) is 18.7 Å². The van der Waals surface area contributed by atoms with E-state index in [4.69, 9.17) is 0 Å². The van der Waals surface area contributed by atoms with E-state index in [1.807, 2.05) is 33.7 Å². The number of carbonyl (C=O) groups excluding carboxylic acids is 3. The molecule has 2 aromatic carbocycles. The SMILES string of the molecule is CC(=O)c1ccc(NC(=O)CSc2nc3ccccc3n2CC(=O)N2C[C@H](C)C[C@H](C)C2)cc1. The summed E-state index contributed by atoms with van der Waals surface area (Å²) < 4.78 is 1.92. The smallest absolute Gasteiger partial charge is 0.242 e. The molecule has 1 saturated heterocycles. The summed E-state index contributed by atoms with van der Waals surface area (Å²) in [6.45, 7) is 7.66. The van der Waals surface area contributed by atoms with Crippen LogP contribution in [0.5, 0.6) is 0 Å². The van der Waals surface area contributed by atoms with Gasteiger partial charge in [0.15, 0.2) is 10.9 Å². The monoisotopic (exact) mass is 478 g/mol. The highest BCUT2D eigenvalue weighted by Crippen LogP contribution is 2.26. The molecule has 0 bridgehead atoms. The fraction of sp³-hybridized carbons (Fsp3) is 0.385. The van der Waals surface area contributed by atoms with E-state index in [-0.39, 0.29) is 29.9 Å². The number of amides is 2. The van der Waals surface area contributed by atoms with Gasteiger partial charge in [0.05, 0.1) is 16.8 Å². The van der Waals surface area contributed by atoms with Crippen LogP contribution in [0.2, 0.25) is 0 Å². The number of piperidine rings is 1. The van der Waals surface area contributed by atoms with Crippen molar-refractivity contribution in [1.29, 1.82) is 0 Å². The average Bonchev–Trinajstić information content (AvgIpc) is 3.14.